The molecule has 0 bridgehead atoms. The Bertz CT molecular complexity index is 796. The van der Waals surface area contributed by atoms with Crippen LogP contribution in [0.4, 0.5) is 5.69 Å². The number of nitriles is 1. The second-order valence-corrected chi connectivity index (χ2v) is 6.29. The minimum Gasteiger partial charge on any atom is -0.397 e. The van der Waals surface area contributed by atoms with E-state index in [0.29, 0.717) is 44.1 Å². The highest BCUT2D eigenvalue weighted by molar-refractivity contribution is 5.77. The molecular weight excluding hydrogens is 316 g/mol. The predicted molar refractivity (Wildman–Crippen MR) is 94.9 cm³/mol. The number of morpholine rings is 1. The molecule has 6 heteroatoms. The summed E-state index contributed by atoms with van der Waals surface area (Å²) in [4.78, 5) is 14.4. The number of nitrogens with zero attached hydrogens (tertiary/aromatic N) is 3. The molecule has 2 heterocycles. The fraction of sp³-hybridized carbons (Fsp3) is 0.368. The van der Waals surface area contributed by atoms with E-state index in [-0.39, 0.29) is 12.5 Å². The summed E-state index contributed by atoms with van der Waals surface area (Å²) < 4.78 is 7.03. The van der Waals surface area contributed by atoms with E-state index in [4.69, 9.17) is 10.5 Å². The molecule has 0 radical (unpaired) electrons. The smallest absolute Gasteiger partial charge is 0.242 e. The summed E-state index contributed by atoms with van der Waals surface area (Å²) in [5.74, 6) is -0.0134. The number of aryl methyl sites for hydroxylation is 1. The van der Waals surface area contributed by atoms with Gasteiger partial charge >= 0.3 is 0 Å². The Labute approximate surface area is 147 Å². The van der Waals surface area contributed by atoms with Gasteiger partial charge in [-0.1, -0.05) is 29.8 Å². The number of carbonyl (C=O) groups is 1. The summed E-state index contributed by atoms with van der Waals surface area (Å²) in [5, 5.41) is 9.41. The van der Waals surface area contributed by atoms with E-state index in [0.717, 1.165) is 11.3 Å². The van der Waals surface area contributed by atoms with Crippen LogP contribution in [0.5, 0.6) is 0 Å². The predicted octanol–water partition coefficient (Wildman–Crippen LogP) is 1.70. The molecule has 1 fully saturated rings. The van der Waals surface area contributed by atoms with Gasteiger partial charge in [-0.15, -0.1) is 0 Å². The molecule has 2 N–H and O–H groups in total. The van der Waals surface area contributed by atoms with E-state index < -0.39 is 0 Å². The maximum atomic E-state index is 12.6. The molecule has 1 aromatic carbocycles. The van der Waals surface area contributed by atoms with E-state index in [1.54, 1.807) is 15.5 Å². The standard InChI is InChI=1S/C19H22N4O2/c1-14-2-4-15(5-3-14)10-18-17(21)11-16(12-20)23(18)13-19(24)22-6-8-25-9-7-22/h2-5,11H,6-10,13,21H2,1H3. The average Bonchev–Trinajstić information content (AvgIpc) is 2.93. The number of aromatic nitrogens is 1. The van der Waals surface area contributed by atoms with Gasteiger partial charge in [0.2, 0.25) is 5.91 Å². The SMILES string of the molecule is Cc1ccc(Cc2c(N)cc(C#N)n2CC(=O)N2CCOCC2)cc1. The Hall–Kier alpha value is -2.78. The molecule has 1 aliphatic heterocycles. The summed E-state index contributed by atoms with van der Waals surface area (Å²) in [7, 11) is 0. The van der Waals surface area contributed by atoms with Crippen LogP contribution in [0, 0.1) is 18.3 Å². The van der Waals surface area contributed by atoms with Crippen LogP contribution in [0.25, 0.3) is 0 Å². The van der Waals surface area contributed by atoms with E-state index in [9.17, 15) is 10.1 Å². The monoisotopic (exact) mass is 338 g/mol. The summed E-state index contributed by atoms with van der Waals surface area (Å²) in [5.41, 5.74) is 10.2. The summed E-state index contributed by atoms with van der Waals surface area (Å²) in [6.45, 7) is 4.45. The van der Waals surface area contributed by atoms with Gasteiger partial charge in [-0.25, -0.2) is 0 Å². The maximum Gasteiger partial charge on any atom is 0.242 e. The van der Waals surface area contributed by atoms with Crippen LogP contribution in [0.3, 0.4) is 0 Å². The number of rotatable bonds is 4. The van der Waals surface area contributed by atoms with Crippen molar-refractivity contribution in [3.63, 3.8) is 0 Å². The van der Waals surface area contributed by atoms with Crippen molar-refractivity contribution in [1.82, 2.24) is 9.47 Å². The summed E-state index contributed by atoms with van der Waals surface area (Å²) in [6.07, 6.45) is 0.587. The first kappa shape index (κ1) is 17.1. The zero-order chi connectivity index (χ0) is 17.8. The van der Waals surface area contributed by atoms with Crippen molar-refractivity contribution in [3.05, 3.63) is 52.8 Å². The lowest BCUT2D eigenvalue weighted by Gasteiger charge is -2.27. The van der Waals surface area contributed by atoms with Gasteiger partial charge in [0, 0.05) is 25.2 Å². The van der Waals surface area contributed by atoms with Crippen molar-refractivity contribution < 1.29 is 9.53 Å². The van der Waals surface area contributed by atoms with E-state index >= 15 is 0 Å². The zero-order valence-corrected chi connectivity index (χ0v) is 14.4. The fourth-order valence-electron chi connectivity index (χ4n) is 3.03. The third kappa shape index (κ3) is 3.83. The zero-order valence-electron chi connectivity index (χ0n) is 14.4. The number of nitrogen functional groups attached to an aromatic ring is 1. The Morgan fingerprint density at radius 2 is 1.96 bits per heavy atom. The van der Waals surface area contributed by atoms with Crippen LogP contribution < -0.4 is 5.73 Å². The molecular formula is C19H22N4O2. The van der Waals surface area contributed by atoms with Gasteiger partial charge in [0.15, 0.2) is 0 Å². The Kier molecular flexibility index (Phi) is 5.05. The van der Waals surface area contributed by atoms with Crippen LogP contribution in [0.1, 0.15) is 22.5 Å². The largest absolute Gasteiger partial charge is 0.397 e. The molecule has 130 valence electrons. The van der Waals surface area contributed by atoms with Gasteiger partial charge in [0.25, 0.3) is 0 Å². The number of hydrogen-bond acceptors (Lipinski definition) is 4. The molecule has 0 aliphatic carbocycles. The third-order valence-electron chi connectivity index (χ3n) is 4.51. The Balaban J connectivity index is 1.85. The fourth-order valence-corrected chi connectivity index (χ4v) is 3.03. The maximum absolute atomic E-state index is 12.6. The normalized spacial score (nSPS) is 14.3. The van der Waals surface area contributed by atoms with Crippen LogP contribution in [0.15, 0.2) is 30.3 Å². The molecule has 1 aromatic heterocycles. The highest BCUT2D eigenvalue weighted by Crippen LogP contribution is 2.22. The number of ether oxygens (including phenoxy) is 1. The Morgan fingerprint density at radius 1 is 1.28 bits per heavy atom. The molecule has 1 saturated heterocycles. The van der Waals surface area contributed by atoms with Gasteiger partial charge in [0.1, 0.15) is 18.3 Å². The van der Waals surface area contributed by atoms with Gasteiger partial charge in [-0.2, -0.15) is 5.26 Å². The molecule has 25 heavy (non-hydrogen) atoms. The van der Waals surface area contributed by atoms with Crippen molar-refractivity contribution in [2.45, 2.75) is 19.9 Å². The van der Waals surface area contributed by atoms with Crippen molar-refractivity contribution >= 4 is 11.6 Å². The number of nitrogens with two attached hydrogens (primary N) is 1. The summed E-state index contributed by atoms with van der Waals surface area (Å²) in [6, 6.07) is 12.0. The lowest BCUT2D eigenvalue weighted by Crippen LogP contribution is -2.42. The lowest BCUT2D eigenvalue weighted by molar-refractivity contribution is -0.135. The molecule has 0 spiro atoms. The molecule has 3 rings (SSSR count). The minimum atomic E-state index is -0.0134. The molecule has 0 atom stereocenters. The van der Waals surface area contributed by atoms with Crippen molar-refractivity contribution in [2.75, 3.05) is 32.0 Å². The second-order valence-electron chi connectivity index (χ2n) is 6.29. The molecule has 1 amide bonds. The van der Waals surface area contributed by atoms with Crippen LogP contribution >= 0.6 is 0 Å². The number of carbonyl (C=O) groups excluding carboxylic acids is 1. The van der Waals surface area contributed by atoms with Crippen LogP contribution in [-0.4, -0.2) is 41.7 Å². The average molecular weight is 338 g/mol. The quantitative estimate of drug-likeness (QED) is 0.919. The number of hydrogen-bond donors (Lipinski definition) is 1. The molecule has 1 aliphatic rings. The van der Waals surface area contributed by atoms with Crippen molar-refractivity contribution in [3.8, 4) is 6.07 Å². The first-order valence-electron chi connectivity index (χ1n) is 8.37. The molecule has 6 nitrogen and oxygen atoms in total. The van der Waals surface area contributed by atoms with Crippen molar-refractivity contribution in [1.29, 1.82) is 5.26 Å². The van der Waals surface area contributed by atoms with E-state index in [1.807, 2.05) is 31.2 Å². The molecule has 0 saturated carbocycles. The van der Waals surface area contributed by atoms with E-state index in [2.05, 4.69) is 6.07 Å². The van der Waals surface area contributed by atoms with Crippen LogP contribution in [-0.2, 0) is 22.5 Å². The second kappa shape index (κ2) is 7.41. The number of benzene rings is 1. The first-order chi connectivity index (χ1) is 12.1. The van der Waals surface area contributed by atoms with E-state index in [1.165, 1.54) is 5.56 Å². The van der Waals surface area contributed by atoms with Gasteiger partial charge in [-0.3, -0.25) is 4.79 Å². The van der Waals surface area contributed by atoms with Crippen LogP contribution in [0.2, 0.25) is 0 Å². The highest BCUT2D eigenvalue weighted by Gasteiger charge is 2.21. The van der Waals surface area contributed by atoms with Crippen molar-refractivity contribution in [2.24, 2.45) is 0 Å². The lowest BCUT2D eigenvalue weighted by atomic mass is 10.1. The number of amides is 1. The third-order valence-corrected chi connectivity index (χ3v) is 4.51. The van der Waals surface area contributed by atoms with Gasteiger partial charge < -0.3 is 19.9 Å². The first-order valence-corrected chi connectivity index (χ1v) is 8.37. The van der Waals surface area contributed by atoms with Gasteiger partial charge in [0.05, 0.1) is 18.9 Å². The molecule has 2 aromatic rings. The topological polar surface area (TPSA) is 84.3 Å². The Morgan fingerprint density at radius 3 is 2.60 bits per heavy atom. The summed E-state index contributed by atoms with van der Waals surface area (Å²) >= 11 is 0. The highest BCUT2D eigenvalue weighted by atomic mass is 16.5. The number of anilines is 1. The van der Waals surface area contributed by atoms with Gasteiger partial charge in [-0.05, 0) is 18.6 Å². The minimum absolute atomic E-state index is 0.0134. The molecule has 0 unspecified atom stereocenters.